The molecule has 3 heterocycles. The van der Waals surface area contributed by atoms with Gasteiger partial charge in [0.2, 0.25) is 0 Å². The summed E-state index contributed by atoms with van der Waals surface area (Å²) in [4.78, 5) is 4.35. The molecule has 0 saturated carbocycles. The lowest BCUT2D eigenvalue weighted by Crippen LogP contribution is -2.49. The van der Waals surface area contributed by atoms with Gasteiger partial charge in [0.1, 0.15) is 0 Å². The van der Waals surface area contributed by atoms with Gasteiger partial charge in [-0.3, -0.25) is 4.98 Å². The second-order valence-corrected chi connectivity index (χ2v) is 5.54. The van der Waals surface area contributed by atoms with E-state index in [9.17, 15) is 0 Å². The van der Waals surface area contributed by atoms with E-state index in [1.807, 2.05) is 18.3 Å². The molecule has 0 aromatic carbocycles. The Morgan fingerprint density at radius 1 is 1.26 bits per heavy atom. The van der Waals surface area contributed by atoms with E-state index in [0.717, 1.165) is 57.7 Å². The maximum Gasteiger partial charge on any atom is 0.0741 e. The molecule has 2 saturated heterocycles. The molecule has 2 aliphatic heterocycles. The van der Waals surface area contributed by atoms with Crippen LogP contribution in [0.2, 0.25) is 0 Å². The molecule has 0 bridgehead atoms. The fourth-order valence-corrected chi connectivity index (χ4v) is 3.05. The van der Waals surface area contributed by atoms with Crippen molar-refractivity contribution < 1.29 is 9.47 Å². The van der Waals surface area contributed by atoms with E-state index >= 15 is 0 Å². The van der Waals surface area contributed by atoms with E-state index in [-0.39, 0.29) is 5.60 Å². The smallest absolute Gasteiger partial charge is 0.0741 e. The molecule has 19 heavy (non-hydrogen) atoms. The standard InChI is InChI=1S/C15H22N2O2/c1-2-7-16-14(3-1)12-17-13-4-8-19-15(11-13)5-9-18-10-6-15/h1-3,7,13,17H,4-6,8-12H2. The van der Waals surface area contributed by atoms with Gasteiger partial charge in [0.25, 0.3) is 0 Å². The summed E-state index contributed by atoms with van der Waals surface area (Å²) in [5.74, 6) is 0. The van der Waals surface area contributed by atoms with Crippen LogP contribution in [0.3, 0.4) is 0 Å². The predicted octanol–water partition coefficient (Wildman–Crippen LogP) is 1.90. The molecule has 0 aliphatic carbocycles. The second kappa shape index (κ2) is 5.99. The molecule has 0 radical (unpaired) electrons. The van der Waals surface area contributed by atoms with E-state index in [0.29, 0.717) is 6.04 Å². The van der Waals surface area contributed by atoms with Gasteiger partial charge in [-0.1, -0.05) is 6.07 Å². The minimum absolute atomic E-state index is 0.0677. The number of rotatable bonds is 3. The lowest BCUT2D eigenvalue weighted by atomic mass is 9.84. The SMILES string of the molecule is c1ccc(CNC2CCOC3(CCOCC3)C2)nc1. The van der Waals surface area contributed by atoms with Gasteiger partial charge in [-0.25, -0.2) is 0 Å². The highest BCUT2D eigenvalue weighted by Crippen LogP contribution is 2.34. The summed E-state index contributed by atoms with van der Waals surface area (Å²) in [6.45, 7) is 3.39. The van der Waals surface area contributed by atoms with Gasteiger partial charge in [-0.2, -0.15) is 0 Å². The quantitative estimate of drug-likeness (QED) is 0.903. The van der Waals surface area contributed by atoms with Crippen LogP contribution < -0.4 is 5.32 Å². The van der Waals surface area contributed by atoms with Gasteiger partial charge in [0.05, 0.1) is 11.3 Å². The van der Waals surface area contributed by atoms with E-state index in [2.05, 4.69) is 16.4 Å². The third-order valence-electron chi connectivity index (χ3n) is 4.20. The number of aromatic nitrogens is 1. The average Bonchev–Trinajstić information content (AvgIpc) is 2.47. The monoisotopic (exact) mass is 262 g/mol. The van der Waals surface area contributed by atoms with Gasteiger partial charge in [-0.15, -0.1) is 0 Å². The van der Waals surface area contributed by atoms with Crippen molar-refractivity contribution in [2.45, 2.75) is 43.9 Å². The van der Waals surface area contributed by atoms with Crippen molar-refractivity contribution in [2.24, 2.45) is 0 Å². The third-order valence-corrected chi connectivity index (χ3v) is 4.20. The van der Waals surface area contributed by atoms with E-state index in [1.165, 1.54) is 0 Å². The third kappa shape index (κ3) is 3.32. The fraction of sp³-hybridized carbons (Fsp3) is 0.667. The molecule has 0 amide bonds. The topological polar surface area (TPSA) is 43.4 Å². The average molecular weight is 262 g/mol. The van der Waals surface area contributed by atoms with Crippen LogP contribution in [0.4, 0.5) is 0 Å². The molecule has 1 aromatic rings. The predicted molar refractivity (Wildman–Crippen MR) is 72.8 cm³/mol. The summed E-state index contributed by atoms with van der Waals surface area (Å²) in [6, 6.07) is 6.59. The van der Waals surface area contributed by atoms with Crippen LogP contribution in [-0.2, 0) is 16.0 Å². The number of hydrogen-bond donors (Lipinski definition) is 1. The molecule has 1 spiro atoms. The maximum absolute atomic E-state index is 6.05. The molecule has 3 rings (SSSR count). The second-order valence-electron chi connectivity index (χ2n) is 5.54. The van der Waals surface area contributed by atoms with Crippen LogP contribution in [0.25, 0.3) is 0 Å². The summed E-state index contributed by atoms with van der Waals surface area (Å²) in [5.41, 5.74) is 1.17. The Bertz CT molecular complexity index is 385. The molecule has 4 nitrogen and oxygen atoms in total. The first-order valence-corrected chi connectivity index (χ1v) is 7.21. The van der Waals surface area contributed by atoms with Gasteiger partial charge in [0, 0.05) is 38.6 Å². The molecule has 4 heteroatoms. The van der Waals surface area contributed by atoms with Crippen LogP contribution >= 0.6 is 0 Å². The Hall–Kier alpha value is -0.970. The Morgan fingerprint density at radius 3 is 2.95 bits per heavy atom. The highest BCUT2D eigenvalue weighted by Gasteiger charge is 2.38. The zero-order chi connectivity index (χ0) is 13.0. The molecule has 1 atom stereocenters. The zero-order valence-electron chi connectivity index (χ0n) is 11.3. The van der Waals surface area contributed by atoms with E-state index in [4.69, 9.17) is 9.47 Å². The van der Waals surface area contributed by atoms with Crippen molar-refractivity contribution in [1.29, 1.82) is 0 Å². The maximum atomic E-state index is 6.05. The number of ether oxygens (including phenoxy) is 2. The lowest BCUT2D eigenvalue weighted by molar-refractivity contribution is -0.140. The van der Waals surface area contributed by atoms with Crippen molar-refractivity contribution in [2.75, 3.05) is 19.8 Å². The Labute approximate surface area is 114 Å². The summed E-state index contributed by atoms with van der Waals surface area (Å²) >= 11 is 0. The lowest BCUT2D eigenvalue weighted by Gasteiger charge is -2.43. The number of nitrogens with zero attached hydrogens (tertiary/aromatic N) is 1. The first-order chi connectivity index (χ1) is 9.36. The minimum atomic E-state index is 0.0677. The van der Waals surface area contributed by atoms with Crippen LogP contribution in [0.1, 0.15) is 31.4 Å². The first kappa shape index (κ1) is 13.0. The van der Waals surface area contributed by atoms with E-state index in [1.54, 1.807) is 0 Å². The molecule has 1 unspecified atom stereocenters. The largest absolute Gasteiger partial charge is 0.381 e. The summed E-state index contributed by atoms with van der Waals surface area (Å²) < 4.78 is 11.5. The molecule has 104 valence electrons. The summed E-state index contributed by atoms with van der Waals surface area (Å²) in [5, 5.41) is 3.63. The van der Waals surface area contributed by atoms with Crippen molar-refractivity contribution in [3.63, 3.8) is 0 Å². The van der Waals surface area contributed by atoms with Crippen molar-refractivity contribution in [1.82, 2.24) is 10.3 Å². The molecule has 1 aromatic heterocycles. The first-order valence-electron chi connectivity index (χ1n) is 7.21. The van der Waals surface area contributed by atoms with Crippen LogP contribution in [0.5, 0.6) is 0 Å². The van der Waals surface area contributed by atoms with Crippen LogP contribution in [-0.4, -0.2) is 36.4 Å². The van der Waals surface area contributed by atoms with Crippen LogP contribution in [0, 0.1) is 0 Å². The van der Waals surface area contributed by atoms with Crippen molar-refractivity contribution in [3.05, 3.63) is 30.1 Å². The number of nitrogens with one attached hydrogen (secondary N) is 1. The normalized spacial score (nSPS) is 26.4. The summed E-state index contributed by atoms with van der Waals surface area (Å²) in [7, 11) is 0. The summed E-state index contributed by atoms with van der Waals surface area (Å²) in [6.07, 6.45) is 6.11. The van der Waals surface area contributed by atoms with Gasteiger partial charge >= 0.3 is 0 Å². The Balaban J connectivity index is 1.53. The molecule has 2 aliphatic rings. The number of pyridine rings is 1. The van der Waals surface area contributed by atoms with Crippen molar-refractivity contribution in [3.8, 4) is 0 Å². The van der Waals surface area contributed by atoms with Gasteiger partial charge in [0.15, 0.2) is 0 Å². The Morgan fingerprint density at radius 2 is 2.16 bits per heavy atom. The zero-order valence-corrected chi connectivity index (χ0v) is 11.3. The minimum Gasteiger partial charge on any atom is -0.381 e. The Kier molecular flexibility index (Phi) is 4.11. The molecular formula is C15H22N2O2. The number of hydrogen-bond acceptors (Lipinski definition) is 4. The van der Waals surface area contributed by atoms with Gasteiger partial charge < -0.3 is 14.8 Å². The van der Waals surface area contributed by atoms with Crippen molar-refractivity contribution >= 4 is 0 Å². The molecular weight excluding hydrogens is 240 g/mol. The highest BCUT2D eigenvalue weighted by molar-refractivity contribution is 5.03. The molecule has 1 N–H and O–H groups in total. The fourth-order valence-electron chi connectivity index (χ4n) is 3.05. The highest BCUT2D eigenvalue weighted by atomic mass is 16.5. The molecule has 2 fully saturated rings. The van der Waals surface area contributed by atoms with E-state index < -0.39 is 0 Å². The van der Waals surface area contributed by atoms with Crippen LogP contribution in [0.15, 0.2) is 24.4 Å². The van der Waals surface area contributed by atoms with Gasteiger partial charge in [-0.05, 0) is 37.8 Å².